The zero-order valence-electron chi connectivity index (χ0n) is 20.7. The molecule has 3 aromatic rings. The Morgan fingerprint density at radius 3 is 2.49 bits per heavy atom. The van der Waals surface area contributed by atoms with Gasteiger partial charge in [0.2, 0.25) is 5.95 Å². The van der Waals surface area contributed by atoms with E-state index in [2.05, 4.69) is 30.9 Å². The molecule has 2 amide bonds. The van der Waals surface area contributed by atoms with Crippen molar-refractivity contribution in [2.75, 3.05) is 5.32 Å². The van der Waals surface area contributed by atoms with E-state index in [9.17, 15) is 22.8 Å². The molecular weight excluding hydrogens is 529 g/mol. The second kappa shape index (κ2) is 11.5. The summed E-state index contributed by atoms with van der Waals surface area (Å²) < 4.78 is 40.8. The molecule has 3 N–H and O–H groups in total. The number of imide groups is 1. The SMILES string of the molecule is O=C1NC(=O)/C(=C/c2ccnc(NC3CCC(NCc4cccnc4-c4ccccc4C(F)(F)F)CC3)n2)S1. The lowest BCUT2D eigenvalue weighted by Gasteiger charge is -2.30. The first-order valence-electron chi connectivity index (χ1n) is 12.4. The average molecular weight is 555 g/mol. The second-order valence-corrected chi connectivity index (χ2v) is 10.3. The molecule has 39 heavy (non-hydrogen) atoms. The number of anilines is 1. The molecule has 1 aliphatic carbocycles. The number of hydrogen-bond acceptors (Lipinski definition) is 8. The third-order valence-corrected chi connectivity index (χ3v) is 7.43. The number of hydrogen-bond donors (Lipinski definition) is 3. The zero-order valence-corrected chi connectivity index (χ0v) is 21.5. The summed E-state index contributed by atoms with van der Waals surface area (Å²) in [5, 5.41) is 8.64. The van der Waals surface area contributed by atoms with E-state index >= 15 is 0 Å². The molecule has 0 radical (unpaired) electrons. The van der Waals surface area contributed by atoms with Crippen molar-refractivity contribution in [2.24, 2.45) is 0 Å². The highest BCUT2D eigenvalue weighted by molar-refractivity contribution is 8.18. The van der Waals surface area contributed by atoms with Crippen LogP contribution in [0, 0.1) is 0 Å². The molecular formula is C27H25F3N6O2S. The van der Waals surface area contributed by atoms with E-state index in [-0.39, 0.29) is 22.6 Å². The summed E-state index contributed by atoms with van der Waals surface area (Å²) in [7, 11) is 0. The molecule has 1 saturated carbocycles. The largest absolute Gasteiger partial charge is 0.417 e. The van der Waals surface area contributed by atoms with Gasteiger partial charge in [0.25, 0.3) is 11.1 Å². The van der Waals surface area contributed by atoms with Crippen molar-refractivity contribution in [3.05, 3.63) is 76.6 Å². The normalized spacial score (nSPS) is 20.7. The summed E-state index contributed by atoms with van der Waals surface area (Å²) >= 11 is 0.834. The van der Waals surface area contributed by atoms with Gasteiger partial charge in [-0.15, -0.1) is 0 Å². The topological polar surface area (TPSA) is 109 Å². The van der Waals surface area contributed by atoms with Gasteiger partial charge in [0.1, 0.15) is 0 Å². The Morgan fingerprint density at radius 2 is 1.74 bits per heavy atom. The number of alkyl halides is 3. The molecule has 1 aromatic carbocycles. The van der Waals surface area contributed by atoms with Crippen LogP contribution < -0.4 is 16.0 Å². The number of carbonyl (C=O) groups is 2. The van der Waals surface area contributed by atoms with Gasteiger partial charge in [0.05, 0.1) is 21.9 Å². The van der Waals surface area contributed by atoms with Crippen LogP contribution in [-0.4, -0.2) is 38.2 Å². The minimum absolute atomic E-state index is 0.0759. The Bertz CT molecular complexity index is 1410. The predicted molar refractivity (Wildman–Crippen MR) is 142 cm³/mol. The molecule has 0 unspecified atom stereocenters. The van der Waals surface area contributed by atoms with Crippen molar-refractivity contribution in [2.45, 2.75) is 50.5 Å². The van der Waals surface area contributed by atoms with Gasteiger partial charge in [-0.25, -0.2) is 9.97 Å². The van der Waals surface area contributed by atoms with E-state index in [1.165, 1.54) is 18.3 Å². The number of pyridine rings is 1. The molecule has 2 aromatic heterocycles. The Balaban J connectivity index is 1.17. The Labute approximate surface area is 226 Å². The standard InChI is InChI=1S/C27H25F3N6O2S/c28-27(29,30)21-6-2-1-5-20(21)23-16(4-3-12-31-23)15-33-17-7-9-18(10-8-17)34-25-32-13-11-19(35-25)14-22-24(37)36-26(38)39-22/h1-6,11-14,17-18,33H,7-10,15H2,(H,32,34,35)(H,36,37,38)/b22-14-. The van der Waals surface area contributed by atoms with Crippen molar-refractivity contribution < 1.29 is 22.8 Å². The highest BCUT2D eigenvalue weighted by Gasteiger charge is 2.34. The van der Waals surface area contributed by atoms with Gasteiger partial charge in [-0.1, -0.05) is 24.3 Å². The maximum Gasteiger partial charge on any atom is 0.417 e. The molecule has 1 aliphatic heterocycles. The third-order valence-electron chi connectivity index (χ3n) is 6.62. The van der Waals surface area contributed by atoms with E-state index in [4.69, 9.17) is 0 Å². The van der Waals surface area contributed by atoms with Crippen LogP contribution >= 0.6 is 11.8 Å². The Morgan fingerprint density at radius 1 is 0.974 bits per heavy atom. The number of amides is 2. The molecule has 8 nitrogen and oxygen atoms in total. The summed E-state index contributed by atoms with van der Waals surface area (Å²) in [6.45, 7) is 0.409. The predicted octanol–water partition coefficient (Wildman–Crippen LogP) is 5.39. The Hall–Kier alpha value is -3.77. The lowest BCUT2D eigenvalue weighted by atomic mass is 9.91. The summed E-state index contributed by atoms with van der Waals surface area (Å²) in [5.41, 5.74) is 0.946. The van der Waals surface area contributed by atoms with Crippen molar-refractivity contribution in [3.8, 4) is 11.3 Å². The number of thioether (sulfide) groups is 1. The van der Waals surface area contributed by atoms with Crippen LogP contribution in [0.15, 0.2) is 59.8 Å². The van der Waals surface area contributed by atoms with Crippen LogP contribution in [-0.2, 0) is 17.5 Å². The average Bonchev–Trinajstić information content (AvgIpc) is 3.24. The lowest BCUT2D eigenvalue weighted by molar-refractivity contribution is -0.137. The number of rotatable bonds is 7. The van der Waals surface area contributed by atoms with Gasteiger partial charge < -0.3 is 10.6 Å². The van der Waals surface area contributed by atoms with Gasteiger partial charge in [-0.2, -0.15) is 13.2 Å². The molecule has 12 heteroatoms. The molecule has 0 bridgehead atoms. The second-order valence-electron chi connectivity index (χ2n) is 9.29. The molecule has 2 fully saturated rings. The van der Waals surface area contributed by atoms with Crippen LogP contribution in [0.3, 0.4) is 0 Å². The fourth-order valence-corrected chi connectivity index (χ4v) is 5.38. The fraction of sp³-hybridized carbons (Fsp3) is 0.296. The van der Waals surface area contributed by atoms with Gasteiger partial charge in [0.15, 0.2) is 0 Å². The quantitative estimate of drug-likeness (QED) is 0.334. The Kier molecular flexibility index (Phi) is 7.94. The van der Waals surface area contributed by atoms with Crippen LogP contribution in [0.25, 0.3) is 17.3 Å². The van der Waals surface area contributed by atoms with Crippen molar-refractivity contribution in [1.82, 2.24) is 25.6 Å². The van der Waals surface area contributed by atoms with E-state index in [0.29, 0.717) is 29.4 Å². The molecule has 1 saturated heterocycles. The van der Waals surface area contributed by atoms with Crippen molar-refractivity contribution in [1.29, 1.82) is 0 Å². The fourth-order valence-electron chi connectivity index (χ4n) is 4.72. The van der Waals surface area contributed by atoms with Crippen LogP contribution in [0.1, 0.15) is 42.5 Å². The van der Waals surface area contributed by atoms with E-state index in [1.54, 1.807) is 36.5 Å². The highest BCUT2D eigenvalue weighted by atomic mass is 32.2. The maximum atomic E-state index is 13.6. The number of halogens is 3. The highest BCUT2D eigenvalue weighted by Crippen LogP contribution is 2.37. The summed E-state index contributed by atoms with van der Waals surface area (Å²) in [4.78, 5) is 36.4. The van der Waals surface area contributed by atoms with Gasteiger partial charge >= 0.3 is 6.18 Å². The molecule has 5 rings (SSSR count). The zero-order chi connectivity index (χ0) is 27.4. The number of aromatic nitrogens is 3. The number of nitrogens with one attached hydrogen (secondary N) is 3. The van der Waals surface area contributed by atoms with Crippen molar-refractivity contribution >= 4 is 34.9 Å². The van der Waals surface area contributed by atoms with Gasteiger partial charge in [-0.05, 0) is 67.3 Å². The molecule has 202 valence electrons. The third kappa shape index (κ3) is 6.63. The van der Waals surface area contributed by atoms with Crippen LogP contribution in [0.4, 0.5) is 23.9 Å². The first kappa shape index (κ1) is 26.8. The first-order chi connectivity index (χ1) is 18.8. The van der Waals surface area contributed by atoms with Crippen molar-refractivity contribution in [3.63, 3.8) is 0 Å². The molecule has 0 atom stereocenters. The smallest absolute Gasteiger partial charge is 0.351 e. The summed E-state index contributed by atoms with van der Waals surface area (Å²) in [5.74, 6) is 0.00531. The summed E-state index contributed by atoms with van der Waals surface area (Å²) in [6, 6.07) is 11.1. The number of benzene rings is 1. The monoisotopic (exact) mass is 554 g/mol. The van der Waals surface area contributed by atoms with E-state index < -0.39 is 22.9 Å². The van der Waals surface area contributed by atoms with Crippen LogP contribution in [0.5, 0.6) is 0 Å². The minimum atomic E-state index is -4.46. The molecule has 0 spiro atoms. The molecule has 2 aliphatic rings. The first-order valence-corrected chi connectivity index (χ1v) is 13.3. The summed E-state index contributed by atoms with van der Waals surface area (Å²) in [6.07, 6.45) is 3.65. The van der Waals surface area contributed by atoms with Gasteiger partial charge in [0, 0.05) is 36.6 Å². The maximum absolute atomic E-state index is 13.6. The molecule has 3 heterocycles. The minimum Gasteiger partial charge on any atom is -0.351 e. The van der Waals surface area contributed by atoms with Gasteiger partial charge in [-0.3, -0.25) is 19.9 Å². The lowest BCUT2D eigenvalue weighted by Crippen LogP contribution is -2.37. The number of carbonyl (C=O) groups excluding carboxylic acids is 2. The van der Waals surface area contributed by atoms with Crippen LogP contribution in [0.2, 0.25) is 0 Å². The number of nitrogens with zero attached hydrogens (tertiary/aromatic N) is 3. The van der Waals surface area contributed by atoms with E-state index in [0.717, 1.165) is 43.5 Å². The van der Waals surface area contributed by atoms with E-state index in [1.807, 2.05) is 0 Å².